The molecule has 0 aliphatic heterocycles. The zero-order chi connectivity index (χ0) is 12.1. The van der Waals surface area contributed by atoms with Crippen molar-refractivity contribution < 1.29 is 9.68 Å². The highest BCUT2D eigenvalue weighted by molar-refractivity contribution is 5.77. The van der Waals surface area contributed by atoms with E-state index in [0.29, 0.717) is 0 Å². The van der Waals surface area contributed by atoms with Crippen molar-refractivity contribution in [2.45, 2.75) is 0 Å². The topological polar surface area (TPSA) is 21.7 Å². The fourth-order valence-electron chi connectivity index (χ4n) is 1.77. The quantitative estimate of drug-likeness (QED) is 0.751. The Morgan fingerprint density at radius 3 is 2.00 bits per heavy atom. The molecular weight excluding hydrogens is 214 g/mol. The van der Waals surface area contributed by atoms with E-state index in [1.807, 2.05) is 42.5 Å². The zero-order valence-electron chi connectivity index (χ0n) is 9.96. The Balaban J connectivity index is 2.48. The van der Waals surface area contributed by atoms with Gasteiger partial charge in [-0.3, -0.25) is 9.68 Å². The summed E-state index contributed by atoms with van der Waals surface area (Å²) in [6.07, 6.45) is 0. The molecule has 3 heteroatoms. The zero-order valence-corrected chi connectivity index (χ0v) is 9.96. The summed E-state index contributed by atoms with van der Waals surface area (Å²) in [5.74, 6) is 0. The molecule has 3 nitrogen and oxygen atoms in total. The van der Waals surface area contributed by atoms with Gasteiger partial charge in [0.15, 0.2) is 0 Å². The summed E-state index contributed by atoms with van der Waals surface area (Å²) in [5, 5.41) is 1.39. The smallest absolute Gasteiger partial charge is 0.102 e. The van der Waals surface area contributed by atoms with E-state index in [1.165, 1.54) is 5.23 Å². The van der Waals surface area contributed by atoms with E-state index in [9.17, 15) is 0 Å². The monoisotopic (exact) mass is 229 g/mol. The molecule has 0 aliphatic carbocycles. The standard InChI is InChI=1S/C14H15NO2/c1-16-15(17-2)14-11-7-6-10-13(14)12-8-4-3-5-9-12/h3-11H,1-2H3. The average Bonchev–Trinajstić information content (AvgIpc) is 2.42. The Labute approximate surface area is 101 Å². The minimum absolute atomic E-state index is 0.878. The van der Waals surface area contributed by atoms with Crippen molar-refractivity contribution in [2.75, 3.05) is 19.4 Å². The largest absolute Gasteiger partial charge is 0.252 e. The summed E-state index contributed by atoms with van der Waals surface area (Å²) in [6.45, 7) is 0. The highest BCUT2D eigenvalue weighted by atomic mass is 16.9. The summed E-state index contributed by atoms with van der Waals surface area (Å²) < 4.78 is 0. The lowest BCUT2D eigenvalue weighted by Crippen LogP contribution is -2.20. The Bertz CT molecular complexity index is 467. The molecule has 2 aromatic carbocycles. The fraction of sp³-hybridized carbons (Fsp3) is 0.143. The van der Waals surface area contributed by atoms with Crippen LogP contribution in [0.2, 0.25) is 0 Å². The Kier molecular flexibility index (Phi) is 3.75. The number of hydrogen-bond acceptors (Lipinski definition) is 3. The van der Waals surface area contributed by atoms with Crippen LogP contribution >= 0.6 is 0 Å². The van der Waals surface area contributed by atoms with Gasteiger partial charge >= 0.3 is 0 Å². The number of para-hydroxylation sites is 1. The molecule has 0 bridgehead atoms. The van der Waals surface area contributed by atoms with Crippen molar-refractivity contribution >= 4 is 5.69 Å². The molecule has 2 aromatic rings. The van der Waals surface area contributed by atoms with Gasteiger partial charge in [-0.15, -0.1) is 5.23 Å². The maximum absolute atomic E-state index is 5.16. The third-order valence-electron chi connectivity index (χ3n) is 2.52. The van der Waals surface area contributed by atoms with Crippen LogP contribution < -0.4 is 5.23 Å². The van der Waals surface area contributed by atoms with Gasteiger partial charge in [0.25, 0.3) is 0 Å². The molecule has 0 fully saturated rings. The molecule has 0 amide bonds. The van der Waals surface area contributed by atoms with Gasteiger partial charge in [-0.25, -0.2) is 0 Å². The minimum atomic E-state index is 0.878. The third kappa shape index (κ3) is 2.46. The lowest BCUT2D eigenvalue weighted by molar-refractivity contribution is -0.0430. The van der Waals surface area contributed by atoms with Crippen molar-refractivity contribution in [1.82, 2.24) is 0 Å². The lowest BCUT2D eigenvalue weighted by atomic mass is 10.0. The van der Waals surface area contributed by atoms with Crippen molar-refractivity contribution in [3.8, 4) is 11.1 Å². The number of hydrogen-bond donors (Lipinski definition) is 0. The minimum Gasteiger partial charge on any atom is -0.252 e. The second kappa shape index (κ2) is 5.48. The Morgan fingerprint density at radius 1 is 0.765 bits per heavy atom. The van der Waals surface area contributed by atoms with Gasteiger partial charge in [0.1, 0.15) is 5.69 Å². The third-order valence-corrected chi connectivity index (χ3v) is 2.52. The first-order valence-electron chi connectivity index (χ1n) is 5.39. The van der Waals surface area contributed by atoms with Gasteiger partial charge in [-0.1, -0.05) is 48.5 Å². The average molecular weight is 229 g/mol. The highest BCUT2D eigenvalue weighted by Crippen LogP contribution is 2.30. The lowest BCUT2D eigenvalue weighted by Gasteiger charge is -2.21. The number of anilines is 1. The van der Waals surface area contributed by atoms with Crippen LogP contribution in [-0.2, 0) is 9.68 Å². The maximum Gasteiger partial charge on any atom is 0.102 e. The van der Waals surface area contributed by atoms with Gasteiger partial charge in [0, 0.05) is 5.56 Å². The van der Waals surface area contributed by atoms with Gasteiger partial charge in [-0.2, -0.15) is 0 Å². The van der Waals surface area contributed by atoms with E-state index in [4.69, 9.17) is 9.68 Å². The van der Waals surface area contributed by atoms with Crippen molar-refractivity contribution in [3.63, 3.8) is 0 Å². The van der Waals surface area contributed by atoms with E-state index in [1.54, 1.807) is 14.2 Å². The van der Waals surface area contributed by atoms with Crippen LogP contribution in [0.3, 0.4) is 0 Å². The van der Waals surface area contributed by atoms with Gasteiger partial charge in [-0.05, 0) is 11.6 Å². The first-order valence-corrected chi connectivity index (χ1v) is 5.39. The molecule has 0 unspecified atom stereocenters. The normalized spacial score (nSPS) is 10.2. The van der Waals surface area contributed by atoms with E-state index < -0.39 is 0 Å². The first kappa shape index (κ1) is 11.6. The SMILES string of the molecule is CON(OC)c1ccccc1-c1ccccc1. The molecule has 0 spiro atoms. The summed E-state index contributed by atoms with van der Waals surface area (Å²) in [6, 6.07) is 18.1. The molecule has 0 aromatic heterocycles. The van der Waals surface area contributed by atoms with Crippen LogP contribution in [0.25, 0.3) is 11.1 Å². The van der Waals surface area contributed by atoms with Crippen LogP contribution in [0.1, 0.15) is 0 Å². The van der Waals surface area contributed by atoms with Gasteiger partial charge in [0.05, 0.1) is 14.2 Å². The molecule has 0 aliphatic rings. The van der Waals surface area contributed by atoms with Gasteiger partial charge in [0.2, 0.25) is 0 Å². The summed E-state index contributed by atoms with van der Waals surface area (Å²) in [5.41, 5.74) is 3.07. The Morgan fingerprint density at radius 2 is 1.35 bits per heavy atom. The maximum atomic E-state index is 5.16. The molecule has 2 rings (SSSR count). The molecule has 0 saturated carbocycles. The van der Waals surface area contributed by atoms with Gasteiger partial charge < -0.3 is 0 Å². The molecular formula is C14H15NO2. The summed E-state index contributed by atoms with van der Waals surface area (Å²) in [4.78, 5) is 10.3. The molecule has 0 radical (unpaired) electrons. The van der Waals surface area contributed by atoms with Crippen LogP contribution in [-0.4, -0.2) is 14.2 Å². The highest BCUT2D eigenvalue weighted by Gasteiger charge is 2.11. The van der Waals surface area contributed by atoms with E-state index in [2.05, 4.69) is 12.1 Å². The van der Waals surface area contributed by atoms with Crippen LogP contribution in [0, 0.1) is 0 Å². The molecule has 0 atom stereocenters. The molecule has 17 heavy (non-hydrogen) atoms. The van der Waals surface area contributed by atoms with E-state index >= 15 is 0 Å². The number of benzene rings is 2. The second-order valence-electron chi connectivity index (χ2n) is 3.51. The van der Waals surface area contributed by atoms with Crippen molar-refractivity contribution in [3.05, 3.63) is 54.6 Å². The predicted octanol–water partition coefficient (Wildman–Crippen LogP) is 3.28. The van der Waals surface area contributed by atoms with Crippen LogP contribution in [0.5, 0.6) is 0 Å². The Hall–Kier alpha value is -1.84. The van der Waals surface area contributed by atoms with Crippen LogP contribution in [0.15, 0.2) is 54.6 Å². The van der Waals surface area contributed by atoms with E-state index in [-0.39, 0.29) is 0 Å². The predicted molar refractivity (Wildman–Crippen MR) is 68.4 cm³/mol. The summed E-state index contributed by atoms with van der Waals surface area (Å²) in [7, 11) is 3.15. The molecule has 0 saturated heterocycles. The van der Waals surface area contributed by atoms with Crippen molar-refractivity contribution in [2.24, 2.45) is 0 Å². The molecule has 0 N–H and O–H groups in total. The first-order chi connectivity index (χ1) is 8.36. The van der Waals surface area contributed by atoms with Crippen LogP contribution in [0.4, 0.5) is 5.69 Å². The number of rotatable bonds is 4. The fourth-order valence-corrected chi connectivity index (χ4v) is 1.77. The molecule has 88 valence electrons. The number of nitrogens with zero attached hydrogens (tertiary/aromatic N) is 1. The van der Waals surface area contributed by atoms with E-state index in [0.717, 1.165) is 16.8 Å². The molecule has 0 heterocycles. The summed E-state index contributed by atoms with van der Waals surface area (Å²) >= 11 is 0. The second-order valence-corrected chi connectivity index (χ2v) is 3.51. The van der Waals surface area contributed by atoms with Crippen molar-refractivity contribution in [1.29, 1.82) is 0 Å².